The number of rotatable bonds is 10. The van der Waals surface area contributed by atoms with E-state index in [1.807, 2.05) is 17.5 Å². The second-order valence-electron chi connectivity index (χ2n) is 5.47. The van der Waals surface area contributed by atoms with Crippen molar-refractivity contribution in [2.45, 2.75) is 58.5 Å². The quantitative estimate of drug-likeness (QED) is 0.721. The number of thiophene rings is 1. The van der Waals surface area contributed by atoms with E-state index in [1.165, 1.54) is 30.0 Å². The number of hydrogen-bond acceptors (Lipinski definition) is 3. The lowest BCUT2D eigenvalue weighted by Crippen LogP contribution is -2.32. The van der Waals surface area contributed by atoms with E-state index >= 15 is 0 Å². The smallest absolute Gasteiger partial charge is 0.110 e. The lowest BCUT2D eigenvalue weighted by molar-refractivity contribution is 0.458. The molecule has 1 unspecified atom stereocenters. The van der Waals surface area contributed by atoms with Crippen LogP contribution in [-0.2, 0) is 19.4 Å². The van der Waals surface area contributed by atoms with Gasteiger partial charge in [-0.3, -0.25) is 0 Å². The molecule has 2 aromatic heterocycles. The first kappa shape index (κ1) is 16.2. The molecule has 0 aliphatic rings. The zero-order valence-corrected chi connectivity index (χ0v) is 14.0. The molecule has 0 bridgehead atoms. The molecule has 0 saturated carbocycles. The highest BCUT2D eigenvalue weighted by Crippen LogP contribution is 2.14. The first-order valence-electron chi connectivity index (χ1n) is 8.09. The van der Waals surface area contributed by atoms with Crippen LogP contribution in [0.3, 0.4) is 0 Å². The Morgan fingerprint density at radius 2 is 2.29 bits per heavy atom. The number of hydrogen-bond donors (Lipinski definition) is 1. The Morgan fingerprint density at radius 3 is 3.00 bits per heavy atom. The standard InChI is InChI=1S/C17H27N3S/c1-3-11-20-12-10-19-17(20)14-15(18-4-2)7-5-8-16-9-6-13-21-16/h6,9-10,12-13,15,18H,3-5,7-8,11,14H2,1-2H3. The largest absolute Gasteiger partial charge is 0.335 e. The van der Waals surface area contributed by atoms with Crippen molar-refractivity contribution in [3.63, 3.8) is 0 Å². The number of nitrogens with one attached hydrogen (secondary N) is 1. The van der Waals surface area contributed by atoms with Crippen LogP contribution in [0.15, 0.2) is 29.9 Å². The summed E-state index contributed by atoms with van der Waals surface area (Å²) in [6.45, 7) is 6.50. The highest BCUT2D eigenvalue weighted by atomic mass is 32.1. The molecule has 21 heavy (non-hydrogen) atoms. The maximum atomic E-state index is 4.54. The summed E-state index contributed by atoms with van der Waals surface area (Å²) in [7, 11) is 0. The van der Waals surface area contributed by atoms with E-state index < -0.39 is 0 Å². The summed E-state index contributed by atoms with van der Waals surface area (Å²) in [5.41, 5.74) is 0. The van der Waals surface area contributed by atoms with Gasteiger partial charge in [-0.1, -0.05) is 19.9 Å². The van der Waals surface area contributed by atoms with Gasteiger partial charge in [-0.2, -0.15) is 0 Å². The molecule has 0 aliphatic carbocycles. The molecule has 4 heteroatoms. The molecule has 0 aliphatic heterocycles. The fraction of sp³-hybridized carbons (Fsp3) is 0.588. The summed E-state index contributed by atoms with van der Waals surface area (Å²) < 4.78 is 2.30. The third-order valence-corrected chi connectivity index (χ3v) is 4.68. The van der Waals surface area contributed by atoms with Crippen molar-refractivity contribution in [3.8, 4) is 0 Å². The minimum absolute atomic E-state index is 0.535. The van der Waals surface area contributed by atoms with E-state index in [2.05, 4.69) is 52.4 Å². The fourth-order valence-corrected chi connectivity index (χ4v) is 3.49. The summed E-state index contributed by atoms with van der Waals surface area (Å²) in [6, 6.07) is 4.91. The predicted molar refractivity (Wildman–Crippen MR) is 90.9 cm³/mol. The van der Waals surface area contributed by atoms with E-state index in [-0.39, 0.29) is 0 Å². The molecule has 0 radical (unpaired) electrons. The highest BCUT2D eigenvalue weighted by molar-refractivity contribution is 7.09. The van der Waals surface area contributed by atoms with Gasteiger partial charge in [0.1, 0.15) is 5.82 Å². The van der Waals surface area contributed by atoms with E-state index in [9.17, 15) is 0 Å². The van der Waals surface area contributed by atoms with Gasteiger partial charge in [0, 0.05) is 36.3 Å². The molecule has 0 saturated heterocycles. The Bertz CT molecular complexity index is 490. The van der Waals surface area contributed by atoms with Gasteiger partial charge in [0.2, 0.25) is 0 Å². The summed E-state index contributed by atoms with van der Waals surface area (Å²) in [5.74, 6) is 1.22. The van der Waals surface area contributed by atoms with Crippen molar-refractivity contribution in [3.05, 3.63) is 40.6 Å². The third kappa shape index (κ3) is 5.29. The maximum Gasteiger partial charge on any atom is 0.110 e. The van der Waals surface area contributed by atoms with Crippen LogP contribution in [0.25, 0.3) is 0 Å². The van der Waals surface area contributed by atoms with E-state index in [4.69, 9.17) is 0 Å². The van der Waals surface area contributed by atoms with Gasteiger partial charge in [-0.25, -0.2) is 4.98 Å². The number of imidazole rings is 1. The summed E-state index contributed by atoms with van der Waals surface area (Å²) in [4.78, 5) is 6.04. The van der Waals surface area contributed by atoms with Gasteiger partial charge in [0.25, 0.3) is 0 Å². The fourth-order valence-electron chi connectivity index (χ4n) is 2.74. The van der Waals surface area contributed by atoms with Gasteiger partial charge < -0.3 is 9.88 Å². The Balaban J connectivity index is 1.84. The van der Waals surface area contributed by atoms with Gasteiger partial charge >= 0.3 is 0 Å². The van der Waals surface area contributed by atoms with Crippen LogP contribution in [0.5, 0.6) is 0 Å². The van der Waals surface area contributed by atoms with Crippen molar-refractivity contribution in [2.75, 3.05) is 6.54 Å². The van der Waals surface area contributed by atoms with Crippen LogP contribution in [0.4, 0.5) is 0 Å². The monoisotopic (exact) mass is 305 g/mol. The molecule has 0 spiro atoms. The SMILES string of the molecule is CCCn1ccnc1CC(CCCc1cccs1)NCC. The lowest BCUT2D eigenvalue weighted by atomic mass is 10.1. The minimum atomic E-state index is 0.535. The topological polar surface area (TPSA) is 29.9 Å². The Kier molecular flexibility index (Phi) is 6.96. The maximum absolute atomic E-state index is 4.54. The van der Waals surface area contributed by atoms with Crippen molar-refractivity contribution in [1.82, 2.24) is 14.9 Å². The van der Waals surface area contributed by atoms with E-state index in [0.29, 0.717) is 6.04 Å². The molecule has 3 nitrogen and oxygen atoms in total. The summed E-state index contributed by atoms with van der Waals surface area (Å²) >= 11 is 1.87. The summed E-state index contributed by atoms with van der Waals surface area (Å²) in [5, 5.41) is 5.79. The van der Waals surface area contributed by atoms with Crippen LogP contribution in [0, 0.1) is 0 Å². The van der Waals surface area contributed by atoms with Crippen LogP contribution in [0.1, 0.15) is 43.8 Å². The average molecular weight is 305 g/mol. The molecular weight excluding hydrogens is 278 g/mol. The highest BCUT2D eigenvalue weighted by Gasteiger charge is 2.12. The van der Waals surface area contributed by atoms with Crippen molar-refractivity contribution in [1.29, 1.82) is 0 Å². The second kappa shape index (κ2) is 9.00. The Hall–Kier alpha value is -1.13. The second-order valence-corrected chi connectivity index (χ2v) is 6.50. The number of aromatic nitrogens is 2. The number of likely N-dealkylation sites (N-methyl/N-ethyl adjacent to an activating group) is 1. The first-order valence-corrected chi connectivity index (χ1v) is 8.97. The minimum Gasteiger partial charge on any atom is -0.335 e. The van der Waals surface area contributed by atoms with Gasteiger partial charge in [0.15, 0.2) is 0 Å². The number of nitrogens with zero attached hydrogens (tertiary/aromatic N) is 2. The van der Waals surface area contributed by atoms with Gasteiger partial charge in [-0.05, 0) is 43.7 Å². The van der Waals surface area contributed by atoms with E-state index in [1.54, 1.807) is 0 Å². The van der Waals surface area contributed by atoms with Gasteiger partial charge in [-0.15, -0.1) is 11.3 Å². The zero-order valence-electron chi connectivity index (χ0n) is 13.2. The van der Waals surface area contributed by atoms with Crippen molar-refractivity contribution < 1.29 is 0 Å². The molecule has 0 fully saturated rings. The molecule has 1 atom stereocenters. The van der Waals surface area contributed by atoms with E-state index in [0.717, 1.165) is 25.9 Å². The average Bonchev–Trinajstić information content (AvgIpc) is 3.12. The first-order chi connectivity index (χ1) is 10.3. The van der Waals surface area contributed by atoms with Crippen molar-refractivity contribution >= 4 is 11.3 Å². The third-order valence-electron chi connectivity index (χ3n) is 3.74. The normalized spacial score (nSPS) is 12.7. The van der Waals surface area contributed by atoms with Crippen LogP contribution >= 0.6 is 11.3 Å². The molecule has 0 aromatic carbocycles. The van der Waals surface area contributed by atoms with Crippen LogP contribution in [0.2, 0.25) is 0 Å². The van der Waals surface area contributed by atoms with Crippen molar-refractivity contribution in [2.24, 2.45) is 0 Å². The Morgan fingerprint density at radius 1 is 1.38 bits per heavy atom. The molecule has 2 aromatic rings. The van der Waals surface area contributed by atoms with Gasteiger partial charge in [0.05, 0.1) is 0 Å². The number of aryl methyl sites for hydroxylation is 2. The summed E-state index contributed by atoms with van der Waals surface area (Å²) in [6.07, 6.45) is 9.88. The van der Waals surface area contributed by atoms with Crippen LogP contribution < -0.4 is 5.32 Å². The molecular formula is C17H27N3S. The lowest BCUT2D eigenvalue weighted by Gasteiger charge is -2.18. The zero-order chi connectivity index (χ0) is 14.9. The molecule has 116 valence electrons. The predicted octanol–water partition coefficient (Wildman–Crippen LogP) is 3.90. The Labute approximate surface area is 132 Å². The molecule has 2 heterocycles. The molecule has 2 rings (SSSR count). The van der Waals surface area contributed by atoms with Crippen LogP contribution in [-0.4, -0.2) is 22.1 Å². The molecule has 0 amide bonds. The molecule has 1 N–H and O–H groups in total.